The Labute approximate surface area is 143 Å². The summed E-state index contributed by atoms with van der Waals surface area (Å²) >= 11 is 1.68. The average molecular weight is 342 g/mol. The first-order valence-electron chi connectivity index (χ1n) is 7.95. The molecule has 7 nitrogen and oxygen atoms in total. The number of pyridine rings is 1. The van der Waals surface area contributed by atoms with Crippen molar-refractivity contribution in [1.29, 1.82) is 0 Å². The van der Waals surface area contributed by atoms with Crippen LogP contribution in [0.2, 0.25) is 0 Å². The normalized spacial score (nSPS) is 15.7. The highest BCUT2D eigenvalue weighted by Crippen LogP contribution is 2.28. The SMILES string of the molecule is Cn1ccc(C(=O)N2CCCN(c3nc4cnccc4s3)CC2)n1. The van der Waals surface area contributed by atoms with Crippen LogP contribution in [-0.4, -0.2) is 56.7 Å². The first kappa shape index (κ1) is 15.1. The molecule has 4 heterocycles. The molecule has 1 aliphatic rings. The molecule has 1 aliphatic heterocycles. The predicted octanol–water partition coefficient (Wildman–Crippen LogP) is 1.78. The van der Waals surface area contributed by atoms with Crippen LogP contribution in [0.15, 0.2) is 30.7 Å². The minimum atomic E-state index is 0.00551. The molecule has 0 unspecified atom stereocenters. The lowest BCUT2D eigenvalue weighted by atomic mass is 10.3. The van der Waals surface area contributed by atoms with E-state index in [-0.39, 0.29) is 5.91 Å². The van der Waals surface area contributed by atoms with E-state index < -0.39 is 0 Å². The molecule has 0 N–H and O–H groups in total. The van der Waals surface area contributed by atoms with E-state index in [9.17, 15) is 4.79 Å². The van der Waals surface area contributed by atoms with E-state index in [2.05, 4.69) is 20.0 Å². The molecule has 3 aromatic heterocycles. The van der Waals surface area contributed by atoms with Crippen LogP contribution in [0, 0.1) is 0 Å². The highest BCUT2D eigenvalue weighted by Gasteiger charge is 2.23. The molecule has 4 rings (SSSR count). The third-order valence-corrected chi connectivity index (χ3v) is 5.26. The standard InChI is InChI=1S/C16H18N6OS/c1-20-8-4-12(19-20)15(23)21-6-2-7-22(10-9-21)16-18-13-11-17-5-3-14(13)24-16/h3-5,8,11H,2,6-7,9-10H2,1H3. The smallest absolute Gasteiger partial charge is 0.274 e. The maximum Gasteiger partial charge on any atom is 0.274 e. The van der Waals surface area contributed by atoms with Gasteiger partial charge in [0.1, 0.15) is 11.2 Å². The van der Waals surface area contributed by atoms with Crippen molar-refractivity contribution in [2.24, 2.45) is 7.05 Å². The van der Waals surface area contributed by atoms with E-state index in [4.69, 9.17) is 0 Å². The Kier molecular flexibility index (Phi) is 3.89. The summed E-state index contributed by atoms with van der Waals surface area (Å²) in [5.41, 5.74) is 1.44. The number of carbonyl (C=O) groups is 1. The Morgan fingerprint density at radius 1 is 1.21 bits per heavy atom. The van der Waals surface area contributed by atoms with Crippen molar-refractivity contribution in [2.45, 2.75) is 6.42 Å². The zero-order valence-corrected chi connectivity index (χ0v) is 14.2. The molecule has 3 aromatic rings. The van der Waals surface area contributed by atoms with Crippen molar-refractivity contribution in [2.75, 3.05) is 31.1 Å². The van der Waals surface area contributed by atoms with Crippen LogP contribution in [-0.2, 0) is 7.05 Å². The second-order valence-electron chi connectivity index (χ2n) is 5.85. The Morgan fingerprint density at radius 2 is 2.12 bits per heavy atom. The summed E-state index contributed by atoms with van der Waals surface area (Å²) in [6.45, 7) is 3.12. The number of aromatic nitrogens is 4. The summed E-state index contributed by atoms with van der Waals surface area (Å²) in [4.78, 5) is 25.5. The van der Waals surface area contributed by atoms with E-state index in [0.717, 1.165) is 41.4 Å². The zero-order chi connectivity index (χ0) is 16.5. The summed E-state index contributed by atoms with van der Waals surface area (Å²) in [5, 5.41) is 5.22. The van der Waals surface area contributed by atoms with E-state index in [1.807, 2.05) is 18.0 Å². The van der Waals surface area contributed by atoms with Gasteiger partial charge in [0.2, 0.25) is 0 Å². The number of rotatable bonds is 2. The number of carbonyl (C=O) groups excluding carboxylic acids is 1. The summed E-state index contributed by atoms with van der Waals surface area (Å²) in [5.74, 6) is 0.00551. The van der Waals surface area contributed by atoms with Gasteiger partial charge < -0.3 is 9.80 Å². The molecule has 0 atom stereocenters. The van der Waals surface area contributed by atoms with E-state index in [0.29, 0.717) is 12.2 Å². The van der Waals surface area contributed by atoms with Gasteiger partial charge in [0.15, 0.2) is 5.13 Å². The lowest BCUT2D eigenvalue weighted by Crippen LogP contribution is -2.35. The quantitative estimate of drug-likeness (QED) is 0.710. The fraction of sp³-hybridized carbons (Fsp3) is 0.375. The van der Waals surface area contributed by atoms with Crippen LogP contribution in [0.4, 0.5) is 5.13 Å². The molecule has 0 bridgehead atoms. The molecule has 0 radical (unpaired) electrons. The molecule has 1 saturated heterocycles. The number of anilines is 1. The number of hydrogen-bond donors (Lipinski definition) is 0. The van der Waals surface area contributed by atoms with Crippen molar-refractivity contribution in [1.82, 2.24) is 24.6 Å². The van der Waals surface area contributed by atoms with Crippen LogP contribution in [0.3, 0.4) is 0 Å². The number of amides is 1. The second kappa shape index (κ2) is 6.20. The van der Waals surface area contributed by atoms with Gasteiger partial charge in [0.05, 0.1) is 10.9 Å². The summed E-state index contributed by atoms with van der Waals surface area (Å²) in [6, 6.07) is 3.76. The summed E-state index contributed by atoms with van der Waals surface area (Å²) < 4.78 is 2.80. The Balaban J connectivity index is 1.48. The Bertz CT molecular complexity index is 839. The molecule has 1 fully saturated rings. The van der Waals surface area contributed by atoms with Gasteiger partial charge >= 0.3 is 0 Å². The molecule has 124 valence electrons. The number of nitrogens with zero attached hydrogens (tertiary/aromatic N) is 6. The lowest BCUT2D eigenvalue weighted by Gasteiger charge is -2.21. The van der Waals surface area contributed by atoms with Crippen molar-refractivity contribution in [3.05, 3.63) is 36.4 Å². The highest BCUT2D eigenvalue weighted by molar-refractivity contribution is 7.22. The van der Waals surface area contributed by atoms with Crippen LogP contribution in [0.1, 0.15) is 16.9 Å². The third-order valence-electron chi connectivity index (χ3n) is 4.16. The minimum Gasteiger partial charge on any atom is -0.346 e. The monoisotopic (exact) mass is 342 g/mol. The highest BCUT2D eigenvalue weighted by atomic mass is 32.1. The van der Waals surface area contributed by atoms with E-state index in [1.54, 1.807) is 40.7 Å². The van der Waals surface area contributed by atoms with Crippen molar-refractivity contribution in [3.8, 4) is 0 Å². The Morgan fingerprint density at radius 3 is 2.92 bits per heavy atom. The molecule has 8 heteroatoms. The van der Waals surface area contributed by atoms with Gasteiger partial charge in [-0.15, -0.1) is 0 Å². The number of hydrogen-bond acceptors (Lipinski definition) is 6. The second-order valence-corrected chi connectivity index (χ2v) is 6.86. The largest absolute Gasteiger partial charge is 0.346 e. The number of thiazole rings is 1. The average Bonchev–Trinajstić information content (AvgIpc) is 3.13. The fourth-order valence-electron chi connectivity index (χ4n) is 2.91. The van der Waals surface area contributed by atoms with Crippen LogP contribution in [0.5, 0.6) is 0 Å². The van der Waals surface area contributed by atoms with Gasteiger partial charge in [-0.25, -0.2) is 4.98 Å². The minimum absolute atomic E-state index is 0.00551. The van der Waals surface area contributed by atoms with Crippen molar-refractivity contribution < 1.29 is 4.79 Å². The topological polar surface area (TPSA) is 67.2 Å². The molecule has 24 heavy (non-hydrogen) atoms. The first-order chi connectivity index (χ1) is 11.7. The first-order valence-corrected chi connectivity index (χ1v) is 8.77. The molecule has 0 aliphatic carbocycles. The maximum atomic E-state index is 12.6. The molecule has 0 aromatic carbocycles. The maximum absolute atomic E-state index is 12.6. The molecule has 0 saturated carbocycles. The van der Waals surface area contributed by atoms with Crippen molar-refractivity contribution in [3.63, 3.8) is 0 Å². The van der Waals surface area contributed by atoms with Gasteiger partial charge in [0, 0.05) is 45.6 Å². The van der Waals surface area contributed by atoms with Crippen LogP contribution < -0.4 is 4.90 Å². The summed E-state index contributed by atoms with van der Waals surface area (Å²) in [6.07, 6.45) is 6.31. The van der Waals surface area contributed by atoms with Gasteiger partial charge in [-0.05, 0) is 18.6 Å². The van der Waals surface area contributed by atoms with Gasteiger partial charge in [-0.3, -0.25) is 14.5 Å². The molecular weight excluding hydrogens is 324 g/mol. The molecular formula is C16H18N6OS. The van der Waals surface area contributed by atoms with Gasteiger partial charge in [-0.2, -0.15) is 5.10 Å². The van der Waals surface area contributed by atoms with Gasteiger partial charge in [0.25, 0.3) is 5.91 Å². The third kappa shape index (κ3) is 2.84. The fourth-order valence-corrected chi connectivity index (χ4v) is 3.89. The van der Waals surface area contributed by atoms with E-state index in [1.165, 1.54) is 0 Å². The van der Waals surface area contributed by atoms with Gasteiger partial charge in [-0.1, -0.05) is 11.3 Å². The number of aryl methyl sites for hydroxylation is 1. The van der Waals surface area contributed by atoms with Crippen LogP contribution in [0.25, 0.3) is 10.2 Å². The molecule has 0 spiro atoms. The summed E-state index contributed by atoms with van der Waals surface area (Å²) in [7, 11) is 1.82. The zero-order valence-electron chi connectivity index (χ0n) is 13.4. The van der Waals surface area contributed by atoms with Crippen LogP contribution >= 0.6 is 11.3 Å². The number of fused-ring (bicyclic) bond motifs is 1. The predicted molar refractivity (Wildman–Crippen MR) is 93.4 cm³/mol. The van der Waals surface area contributed by atoms with Crippen molar-refractivity contribution >= 4 is 32.6 Å². The lowest BCUT2D eigenvalue weighted by molar-refractivity contribution is 0.0760. The molecule has 1 amide bonds. The Hall–Kier alpha value is -2.48. The van der Waals surface area contributed by atoms with E-state index >= 15 is 0 Å².